The van der Waals surface area contributed by atoms with Crippen molar-refractivity contribution in [3.63, 3.8) is 0 Å². The normalized spacial score (nSPS) is 11.2. The molecule has 0 fully saturated rings. The first kappa shape index (κ1) is 20.3. The molecule has 0 aliphatic rings. The number of para-hydroxylation sites is 1. The van der Waals surface area contributed by atoms with Crippen molar-refractivity contribution < 1.29 is 17.9 Å². The summed E-state index contributed by atoms with van der Waals surface area (Å²) in [5.41, 5.74) is 2.07. The van der Waals surface area contributed by atoms with E-state index in [2.05, 4.69) is 5.32 Å². The van der Waals surface area contributed by atoms with E-state index in [0.29, 0.717) is 18.2 Å². The van der Waals surface area contributed by atoms with Crippen LogP contribution in [0.15, 0.2) is 47.4 Å². The van der Waals surface area contributed by atoms with Crippen LogP contribution in [0.25, 0.3) is 0 Å². The van der Waals surface area contributed by atoms with Crippen LogP contribution in [-0.2, 0) is 14.6 Å². The fourth-order valence-corrected chi connectivity index (χ4v) is 3.81. The molecule has 0 radical (unpaired) electrons. The molecule has 5 nitrogen and oxygen atoms in total. The van der Waals surface area contributed by atoms with Crippen molar-refractivity contribution in [3.05, 3.63) is 58.6 Å². The van der Waals surface area contributed by atoms with E-state index in [-0.39, 0.29) is 23.0 Å². The predicted molar refractivity (Wildman–Crippen MR) is 103 cm³/mol. The minimum absolute atomic E-state index is 0.103. The minimum Gasteiger partial charge on any atom is -0.491 e. The second-order valence-electron chi connectivity index (χ2n) is 5.94. The lowest BCUT2D eigenvalue weighted by Crippen LogP contribution is -2.29. The zero-order valence-corrected chi connectivity index (χ0v) is 16.4. The third-order valence-corrected chi connectivity index (χ3v) is 5.83. The van der Waals surface area contributed by atoms with E-state index in [0.717, 1.165) is 16.9 Å². The average molecular weight is 396 g/mol. The van der Waals surface area contributed by atoms with Gasteiger partial charge >= 0.3 is 0 Å². The van der Waals surface area contributed by atoms with E-state index in [1.165, 1.54) is 24.3 Å². The lowest BCUT2D eigenvalue weighted by Gasteiger charge is -2.12. The summed E-state index contributed by atoms with van der Waals surface area (Å²) in [6.45, 7) is 4.56. The van der Waals surface area contributed by atoms with Crippen LogP contribution in [-0.4, -0.2) is 33.2 Å². The Labute approximate surface area is 159 Å². The van der Waals surface area contributed by atoms with Crippen molar-refractivity contribution in [1.82, 2.24) is 5.32 Å². The Balaban J connectivity index is 1.76. The van der Waals surface area contributed by atoms with Gasteiger partial charge in [0, 0.05) is 11.4 Å². The zero-order chi connectivity index (χ0) is 19.2. The topological polar surface area (TPSA) is 72.5 Å². The van der Waals surface area contributed by atoms with Gasteiger partial charge in [-0.05, 0) is 49.2 Å². The van der Waals surface area contributed by atoms with Crippen LogP contribution in [0, 0.1) is 13.8 Å². The molecule has 0 aliphatic heterocycles. The van der Waals surface area contributed by atoms with Crippen LogP contribution in [0.5, 0.6) is 5.75 Å². The van der Waals surface area contributed by atoms with Gasteiger partial charge in [0.05, 0.1) is 17.2 Å². The molecule has 1 N–H and O–H groups in total. The molecular weight excluding hydrogens is 374 g/mol. The molecule has 2 aromatic rings. The lowest BCUT2D eigenvalue weighted by atomic mass is 10.1. The molecule has 7 heteroatoms. The molecule has 1 amide bonds. The van der Waals surface area contributed by atoms with Crippen molar-refractivity contribution in [1.29, 1.82) is 0 Å². The van der Waals surface area contributed by atoms with Crippen molar-refractivity contribution >= 4 is 27.3 Å². The third kappa shape index (κ3) is 5.75. The smallest absolute Gasteiger partial charge is 0.221 e. The number of amides is 1. The Morgan fingerprint density at radius 1 is 1.08 bits per heavy atom. The highest BCUT2D eigenvalue weighted by atomic mass is 35.5. The fraction of sp³-hybridized carbons (Fsp3) is 0.316. The van der Waals surface area contributed by atoms with Crippen LogP contribution in [0.1, 0.15) is 17.5 Å². The van der Waals surface area contributed by atoms with Gasteiger partial charge in [-0.1, -0.05) is 29.8 Å². The van der Waals surface area contributed by atoms with Gasteiger partial charge in [0.25, 0.3) is 0 Å². The lowest BCUT2D eigenvalue weighted by molar-refractivity contribution is -0.120. The minimum atomic E-state index is -3.51. The molecule has 0 unspecified atom stereocenters. The molecule has 0 atom stereocenters. The monoisotopic (exact) mass is 395 g/mol. The Hall–Kier alpha value is -2.05. The first-order chi connectivity index (χ1) is 12.3. The average Bonchev–Trinajstić information content (AvgIpc) is 2.59. The van der Waals surface area contributed by atoms with Gasteiger partial charge in [-0.15, -0.1) is 0 Å². The predicted octanol–water partition coefficient (Wildman–Crippen LogP) is 3.32. The maximum Gasteiger partial charge on any atom is 0.221 e. The summed E-state index contributed by atoms with van der Waals surface area (Å²) in [6.07, 6.45) is -0.103. The number of hydrogen-bond acceptors (Lipinski definition) is 4. The number of carbonyl (C=O) groups excluding carboxylic acids is 1. The molecule has 0 aromatic heterocycles. The molecule has 0 saturated carbocycles. The van der Waals surface area contributed by atoms with Crippen molar-refractivity contribution in [3.8, 4) is 5.75 Å². The number of benzene rings is 2. The number of aryl methyl sites for hydroxylation is 2. The molecule has 0 aliphatic carbocycles. The van der Waals surface area contributed by atoms with Crippen LogP contribution >= 0.6 is 11.6 Å². The maximum absolute atomic E-state index is 12.2. The van der Waals surface area contributed by atoms with E-state index >= 15 is 0 Å². The highest BCUT2D eigenvalue weighted by Crippen LogP contribution is 2.22. The summed E-state index contributed by atoms with van der Waals surface area (Å²) >= 11 is 5.75. The number of sulfone groups is 1. The van der Waals surface area contributed by atoms with E-state index in [9.17, 15) is 13.2 Å². The van der Waals surface area contributed by atoms with E-state index < -0.39 is 9.84 Å². The van der Waals surface area contributed by atoms with Crippen LogP contribution < -0.4 is 10.1 Å². The molecule has 0 heterocycles. The second-order valence-corrected chi connectivity index (χ2v) is 8.49. The fourth-order valence-electron chi connectivity index (χ4n) is 2.45. The van der Waals surface area contributed by atoms with E-state index in [1.54, 1.807) is 0 Å². The molecule has 0 saturated heterocycles. The number of halogens is 1. The van der Waals surface area contributed by atoms with Gasteiger partial charge in [-0.25, -0.2) is 8.42 Å². The Kier molecular flexibility index (Phi) is 7.06. The van der Waals surface area contributed by atoms with Crippen LogP contribution in [0.3, 0.4) is 0 Å². The van der Waals surface area contributed by atoms with Gasteiger partial charge in [0.15, 0.2) is 9.84 Å². The van der Waals surface area contributed by atoms with Crippen LogP contribution in [0.4, 0.5) is 0 Å². The molecule has 0 bridgehead atoms. The van der Waals surface area contributed by atoms with Gasteiger partial charge in [-0.2, -0.15) is 0 Å². The molecule has 26 heavy (non-hydrogen) atoms. The first-order valence-corrected chi connectivity index (χ1v) is 10.3. The highest BCUT2D eigenvalue weighted by Gasteiger charge is 2.16. The Bertz CT molecular complexity index is 843. The van der Waals surface area contributed by atoms with Gasteiger partial charge in [0.2, 0.25) is 5.91 Å². The summed E-state index contributed by atoms with van der Waals surface area (Å²) in [7, 11) is -3.51. The number of carbonyl (C=O) groups is 1. The summed E-state index contributed by atoms with van der Waals surface area (Å²) in [6, 6.07) is 11.8. The largest absolute Gasteiger partial charge is 0.491 e. The molecule has 2 aromatic carbocycles. The highest BCUT2D eigenvalue weighted by molar-refractivity contribution is 7.91. The number of rotatable bonds is 8. The molecule has 0 spiro atoms. The number of nitrogens with one attached hydrogen (secondary N) is 1. The summed E-state index contributed by atoms with van der Waals surface area (Å²) in [5.74, 6) is 0.234. The molecular formula is C19H22ClNO4S. The SMILES string of the molecule is Cc1cccc(C)c1OCCNC(=O)CCS(=O)(=O)c1ccc(Cl)cc1. The van der Waals surface area contributed by atoms with Crippen LogP contribution in [0.2, 0.25) is 5.02 Å². The maximum atomic E-state index is 12.2. The number of ether oxygens (including phenoxy) is 1. The molecule has 2 rings (SSSR count). The second kappa shape index (κ2) is 9.05. The molecule has 140 valence electrons. The van der Waals surface area contributed by atoms with Crippen molar-refractivity contribution in [2.45, 2.75) is 25.2 Å². The third-order valence-electron chi connectivity index (χ3n) is 3.85. The zero-order valence-electron chi connectivity index (χ0n) is 14.8. The Morgan fingerprint density at radius 3 is 2.31 bits per heavy atom. The first-order valence-electron chi connectivity index (χ1n) is 8.23. The summed E-state index contributed by atoms with van der Waals surface area (Å²) in [4.78, 5) is 12.0. The van der Waals surface area contributed by atoms with E-state index in [1.807, 2.05) is 32.0 Å². The quantitative estimate of drug-likeness (QED) is 0.696. The standard InChI is InChI=1S/C19H22ClNO4S/c1-14-4-3-5-15(2)19(14)25-12-11-21-18(22)10-13-26(23,24)17-8-6-16(20)7-9-17/h3-9H,10-13H2,1-2H3,(H,21,22). The Morgan fingerprint density at radius 2 is 1.69 bits per heavy atom. The van der Waals surface area contributed by atoms with Gasteiger partial charge in [-0.3, -0.25) is 4.79 Å². The van der Waals surface area contributed by atoms with Gasteiger partial charge in [0.1, 0.15) is 12.4 Å². The number of hydrogen-bond donors (Lipinski definition) is 1. The van der Waals surface area contributed by atoms with Crippen molar-refractivity contribution in [2.24, 2.45) is 0 Å². The summed E-state index contributed by atoms with van der Waals surface area (Å²) in [5, 5.41) is 3.14. The van der Waals surface area contributed by atoms with Gasteiger partial charge < -0.3 is 10.1 Å². The summed E-state index contributed by atoms with van der Waals surface area (Å²) < 4.78 is 30.1. The van der Waals surface area contributed by atoms with Crippen molar-refractivity contribution in [2.75, 3.05) is 18.9 Å². The van der Waals surface area contributed by atoms with E-state index in [4.69, 9.17) is 16.3 Å².